The van der Waals surface area contributed by atoms with Gasteiger partial charge in [-0.2, -0.15) is 0 Å². The van der Waals surface area contributed by atoms with Crippen molar-refractivity contribution < 1.29 is 4.79 Å². The predicted octanol–water partition coefficient (Wildman–Crippen LogP) is 2.10. The van der Waals surface area contributed by atoms with Crippen molar-refractivity contribution in [3.05, 3.63) is 30.1 Å². The number of carbonyl (C=O) groups is 1. The Bertz CT molecular complexity index is 369. The van der Waals surface area contributed by atoms with Gasteiger partial charge in [-0.05, 0) is 37.1 Å². The van der Waals surface area contributed by atoms with E-state index in [1.54, 1.807) is 12.4 Å². The van der Waals surface area contributed by atoms with Crippen LogP contribution in [0.3, 0.4) is 0 Å². The van der Waals surface area contributed by atoms with Crippen LogP contribution in [-0.2, 0) is 4.79 Å². The number of carbonyl (C=O) groups excluding carboxylic acids is 1. The monoisotopic (exact) mass is 305 g/mol. The van der Waals surface area contributed by atoms with Gasteiger partial charge < -0.3 is 10.6 Å². The third kappa shape index (κ3) is 4.97. The number of nitrogens with zero attached hydrogens (tertiary/aromatic N) is 1. The molecule has 2 rings (SSSR count). The van der Waals surface area contributed by atoms with Crippen molar-refractivity contribution in [3.63, 3.8) is 0 Å². The third-order valence-corrected chi connectivity index (χ3v) is 3.26. The zero-order valence-electron chi connectivity index (χ0n) is 11.0. The van der Waals surface area contributed by atoms with Crippen molar-refractivity contribution >= 4 is 30.7 Å². The van der Waals surface area contributed by atoms with Crippen molar-refractivity contribution in [2.45, 2.75) is 25.8 Å². The van der Waals surface area contributed by atoms with Crippen LogP contribution in [0.15, 0.2) is 24.5 Å². The Morgan fingerprint density at radius 1 is 1.47 bits per heavy atom. The van der Waals surface area contributed by atoms with E-state index in [4.69, 9.17) is 0 Å². The van der Waals surface area contributed by atoms with E-state index in [1.807, 2.05) is 12.1 Å². The Kier molecular flexibility index (Phi) is 8.72. The summed E-state index contributed by atoms with van der Waals surface area (Å²) in [6.45, 7) is 3.83. The first-order valence-electron chi connectivity index (χ1n) is 6.22. The Balaban J connectivity index is 0.00000162. The van der Waals surface area contributed by atoms with Gasteiger partial charge in [-0.15, -0.1) is 24.8 Å². The van der Waals surface area contributed by atoms with E-state index in [9.17, 15) is 4.79 Å². The van der Waals surface area contributed by atoms with Crippen LogP contribution in [0.25, 0.3) is 0 Å². The minimum absolute atomic E-state index is 0. The van der Waals surface area contributed by atoms with E-state index < -0.39 is 0 Å². The highest BCUT2D eigenvalue weighted by Crippen LogP contribution is 2.17. The quantitative estimate of drug-likeness (QED) is 0.896. The van der Waals surface area contributed by atoms with Crippen LogP contribution in [0, 0.1) is 5.92 Å². The van der Waals surface area contributed by atoms with Crippen LogP contribution >= 0.6 is 24.8 Å². The maximum absolute atomic E-state index is 12.0. The molecule has 0 aromatic carbocycles. The number of nitrogens with one attached hydrogen (secondary N) is 2. The fourth-order valence-corrected chi connectivity index (χ4v) is 2.18. The predicted molar refractivity (Wildman–Crippen MR) is 80.9 cm³/mol. The molecule has 1 amide bonds. The minimum atomic E-state index is 0. The molecular weight excluding hydrogens is 285 g/mol. The lowest BCUT2D eigenvalue weighted by Crippen LogP contribution is -2.34. The Morgan fingerprint density at radius 3 is 2.68 bits per heavy atom. The van der Waals surface area contributed by atoms with Gasteiger partial charge in [0, 0.05) is 18.9 Å². The Morgan fingerprint density at radius 2 is 2.16 bits per heavy atom. The fraction of sp³-hybridized carbons (Fsp3) is 0.538. The van der Waals surface area contributed by atoms with Gasteiger partial charge in [0.1, 0.15) is 0 Å². The van der Waals surface area contributed by atoms with Crippen molar-refractivity contribution in [1.82, 2.24) is 15.6 Å². The minimum Gasteiger partial charge on any atom is -0.349 e. The summed E-state index contributed by atoms with van der Waals surface area (Å²) < 4.78 is 0. The van der Waals surface area contributed by atoms with Gasteiger partial charge in [-0.25, -0.2) is 0 Å². The average Bonchev–Trinajstić information content (AvgIpc) is 2.90. The molecular formula is C13H21Cl2N3O. The molecule has 1 saturated heterocycles. The van der Waals surface area contributed by atoms with Gasteiger partial charge in [-0.1, -0.05) is 6.92 Å². The zero-order chi connectivity index (χ0) is 12.1. The molecule has 2 heterocycles. The van der Waals surface area contributed by atoms with Crippen molar-refractivity contribution in [3.8, 4) is 0 Å². The second kappa shape index (κ2) is 9.13. The summed E-state index contributed by atoms with van der Waals surface area (Å²) >= 11 is 0. The van der Waals surface area contributed by atoms with Crippen molar-refractivity contribution in [2.75, 3.05) is 13.1 Å². The molecule has 0 spiro atoms. The van der Waals surface area contributed by atoms with Crippen LogP contribution in [0.1, 0.15) is 31.4 Å². The molecule has 0 aliphatic carbocycles. The Labute approximate surface area is 126 Å². The first-order chi connectivity index (χ1) is 8.31. The van der Waals surface area contributed by atoms with Crippen LogP contribution in [0.4, 0.5) is 0 Å². The first kappa shape index (κ1) is 18.2. The summed E-state index contributed by atoms with van der Waals surface area (Å²) in [6.07, 6.45) is 5.37. The summed E-state index contributed by atoms with van der Waals surface area (Å²) in [4.78, 5) is 16.0. The number of rotatable bonds is 4. The molecule has 4 nitrogen and oxygen atoms in total. The van der Waals surface area contributed by atoms with Gasteiger partial charge in [0.25, 0.3) is 0 Å². The molecule has 108 valence electrons. The number of amides is 1. The largest absolute Gasteiger partial charge is 0.349 e. The lowest BCUT2D eigenvalue weighted by molar-refractivity contribution is -0.125. The summed E-state index contributed by atoms with van der Waals surface area (Å²) in [5.41, 5.74) is 1.13. The molecule has 1 aliphatic rings. The van der Waals surface area contributed by atoms with Crippen LogP contribution in [0.2, 0.25) is 0 Å². The smallest absolute Gasteiger partial charge is 0.224 e. The van der Waals surface area contributed by atoms with E-state index in [-0.39, 0.29) is 42.7 Å². The van der Waals surface area contributed by atoms with Crippen LogP contribution in [0.5, 0.6) is 0 Å². The first-order valence-corrected chi connectivity index (χ1v) is 6.22. The van der Waals surface area contributed by atoms with E-state index in [0.717, 1.165) is 31.5 Å². The van der Waals surface area contributed by atoms with E-state index in [2.05, 4.69) is 22.5 Å². The van der Waals surface area contributed by atoms with Gasteiger partial charge in [0.05, 0.1) is 12.0 Å². The van der Waals surface area contributed by atoms with Gasteiger partial charge in [0.15, 0.2) is 0 Å². The number of pyridine rings is 1. The lowest BCUT2D eigenvalue weighted by Gasteiger charge is -2.19. The molecule has 0 saturated carbocycles. The Hall–Kier alpha value is -0.840. The average molecular weight is 306 g/mol. The normalized spacial score (nSPS) is 18.9. The maximum atomic E-state index is 12.0. The molecule has 2 N–H and O–H groups in total. The SMILES string of the molecule is CCC(NC(=O)C1CCNC1)c1ccncc1.Cl.Cl. The fourth-order valence-electron chi connectivity index (χ4n) is 2.18. The molecule has 6 heteroatoms. The highest BCUT2D eigenvalue weighted by molar-refractivity contribution is 5.85. The van der Waals surface area contributed by atoms with Crippen molar-refractivity contribution in [1.29, 1.82) is 0 Å². The maximum Gasteiger partial charge on any atom is 0.224 e. The molecule has 2 atom stereocenters. The molecule has 1 fully saturated rings. The molecule has 1 aromatic heterocycles. The van der Waals surface area contributed by atoms with Gasteiger partial charge in [-0.3, -0.25) is 9.78 Å². The molecule has 1 aliphatic heterocycles. The summed E-state index contributed by atoms with van der Waals surface area (Å²) in [7, 11) is 0. The number of halogens is 2. The van der Waals surface area contributed by atoms with E-state index in [0.29, 0.717) is 0 Å². The van der Waals surface area contributed by atoms with Gasteiger partial charge in [0.2, 0.25) is 5.91 Å². The van der Waals surface area contributed by atoms with E-state index >= 15 is 0 Å². The molecule has 0 radical (unpaired) electrons. The second-order valence-corrected chi connectivity index (χ2v) is 4.44. The summed E-state index contributed by atoms with van der Waals surface area (Å²) in [5, 5.41) is 6.33. The highest BCUT2D eigenvalue weighted by Gasteiger charge is 2.24. The third-order valence-electron chi connectivity index (χ3n) is 3.26. The van der Waals surface area contributed by atoms with Gasteiger partial charge >= 0.3 is 0 Å². The van der Waals surface area contributed by atoms with Crippen molar-refractivity contribution in [2.24, 2.45) is 5.92 Å². The second-order valence-electron chi connectivity index (χ2n) is 4.44. The van der Waals surface area contributed by atoms with Crippen LogP contribution in [-0.4, -0.2) is 24.0 Å². The number of hydrogen-bond acceptors (Lipinski definition) is 3. The molecule has 1 aromatic rings. The molecule has 2 unspecified atom stereocenters. The van der Waals surface area contributed by atoms with Crippen LogP contribution < -0.4 is 10.6 Å². The number of hydrogen-bond donors (Lipinski definition) is 2. The standard InChI is InChI=1S/C13H19N3O.2ClH/c1-2-12(10-3-6-14-7-4-10)16-13(17)11-5-8-15-9-11;;/h3-4,6-7,11-12,15H,2,5,8-9H2,1H3,(H,16,17);2*1H. The molecule has 19 heavy (non-hydrogen) atoms. The number of aromatic nitrogens is 1. The topological polar surface area (TPSA) is 54.0 Å². The summed E-state index contributed by atoms with van der Waals surface area (Å²) in [6, 6.07) is 4.02. The lowest BCUT2D eigenvalue weighted by atomic mass is 10.0. The zero-order valence-corrected chi connectivity index (χ0v) is 12.6. The summed E-state index contributed by atoms with van der Waals surface area (Å²) in [5.74, 6) is 0.296. The van der Waals surface area contributed by atoms with E-state index in [1.165, 1.54) is 0 Å². The highest BCUT2D eigenvalue weighted by atomic mass is 35.5. The molecule has 0 bridgehead atoms.